The lowest BCUT2D eigenvalue weighted by atomic mass is 10.0. The molecule has 1 aromatic heterocycles. The van der Waals surface area contributed by atoms with Crippen LogP contribution in [0.3, 0.4) is 0 Å². The second-order valence-electron chi connectivity index (χ2n) is 8.26. The van der Waals surface area contributed by atoms with E-state index in [0.717, 1.165) is 4.90 Å². The van der Waals surface area contributed by atoms with Crippen LogP contribution in [0.15, 0.2) is 66.9 Å². The summed E-state index contributed by atoms with van der Waals surface area (Å²) in [5, 5.41) is 4.82. The minimum absolute atomic E-state index is 0.0301. The molecule has 0 bridgehead atoms. The van der Waals surface area contributed by atoms with Crippen LogP contribution in [0.5, 0.6) is 17.4 Å². The molecular formula is C26H20N4O7. The van der Waals surface area contributed by atoms with Gasteiger partial charge in [0.1, 0.15) is 23.2 Å². The van der Waals surface area contributed by atoms with E-state index in [1.165, 1.54) is 24.4 Å². The number of hydrogen-bond acceptors (Lipinski definition) is 8. The normalized spacial score (nSPS) is 16.8. The minimum atomic E-state index is -1.06. The zero-order valence-corrected chi connectivity index (χ0v) is 19.3. The number of ether oxygens (including phenoxy) is 2. The summed E-state index contributed by atoms with van der Waals surface area (Å²) >= 11 is 0. The summed E-state index contributed by atoms with van der Waals surface area (Å²) in [6.07, 6.45) is 1.62. The van der Waals surface area contributed by atoms with Crippen LogP contribution in [-0.2, 0) is 14.4 Å². The summed E-state index contributed by atoms with van der Waals surface area (Å²) in [6.45, 7) is -0.391. The molecule has 3 aromatic rings. The van der Waals surface area contributed by atoms with E-state index < -0.39 is 42.2 Å². The summed E-state index contributed by atoms with van der Waals surface area (Å²) in [7, 11) is 0. The quantitative estimate of drug-likeness (QED) is 0.470. The van der Waals surface area contributed by atoms with Gasteiger partial charge in [-0.3, -0.25) is 34.2 Å². The van der Waals surface area contributed by atoms with Crippen LogP contribution in [0.2, 0.25) is 0 Å². The number of aromatic nitrogens is 1. The predicted molar refractivity (Wildman–Crippen MR) is 128 cm³/mol. The number of para-hydroxylation sites is 1. The summed E-state index contributed by atoms with van der Waals surface area (Å²) in [6, 6.07) is 15.4. The SMILES string of the molecule is O=C1CCC(N2C(=O)c3ccc(OCC(=O)Nc4cccnc4Oc4ccccc4)cc3C2=O)C(=O)N1. The van der Waals surface area contributed by atoms with Gasteiger partial charge in [0.2, 0.25) is 17.7 Å². The molecule has 1 atom stereocenters. The number of imide groups is 2. The van der Waals surface area contributed by atoms with Crippen molar-refractivity contribution >= 4 is 35.2 Å². The van der Waals surface area contributed by atoms with E-state index in [9.17, 15) is 24.0 Å². The molecule has 0 radical (unpaired) electrons. The van der Waals surface area contributed by atoms with Crippen molar-refractivity contribution < 1.29 is 33.4 Å². The van der Waals surface area contributed by atoms with Gasteiger partial charge < -0.3 is 14.8 Å². The van der Waals surface area contributed by atoms with Gasteiger partial charge in [0, 0.05) is 12.6 Å². The Morgan fingerprint density at radius 1 is 0.973 bits per heavy atom. The molecule has 0 saturated carbocycles. The molecule has 5 amide bonds. The molecule has 37 heavy (non-hydrogen) atoms. The number of nitrogens with zero attached hydrogens (tertiary/aromatic N) is 2. The molecule has 186 valence electrons. The number of nitrogens with one attached hydrogen (secondary N) is 2. The zero-order valence-electron chi connectivity index (χ0n) is 19.3. The number of hydrogen-bond donors (Lipinski definition) is 2. The highest BCUT2D eigenvalue weighted by molar-refractivity contribution is 6.23. The second-order valence-corrected chi connectivity index (χ2v) is 8.26. The summed E-state index contributed by atoms with van der Waals surface area (Å²) in [5.41, 5.74) is 0.512. The lowest BCUT2D eigenvalue weighted by Gasteiger charge is -2.27. The van der Waals surface area contributed by atoms with Crippen LogP contribution in [0.1, 0.15) is 33.6 Å². The van der Waals surface area contributed by atoms with E-state index in [2.05, 4.69) is 15.6 Å². The monoisotopic (exact) mass is 500 g/mol. The molecule has 0 aliphatic carbocycles. The maximum Gasteiger partial charge on any atom is 0.262 e. The predicted octanol–water partition coefficient (Wildman–Crippen LogP) is 2.29. The molecule has 1 saturated heterocycles. The third kappa shape index (κ3) is 4.87. The van der Waals surface area contributed by atoms with Crippen LogP contribution in [0.25, 0.3) is 0 Å². The van der Waals surface area contributed by atoms with Crippen molar-refractivity contribution in [3.8, 4) is 17.4 Å². The highest BCUT2D eigenvalue weighted by atomic mass is 16.5. The molecule has 0 spiro atoms. The fraction of sp³-hybridized carbons (Fsp3) is 0.154. The van der Waals surface area contributed by atoms with Crippen molar-refractivity contribution in [3.63, 3.8) is 0 Å². The average molecular weight is 500 g/mol. The van der Waals surface area contributed by atoms with Crippen molar-refractivity contribution in [1.82, 2.24) is 15.2 Å². The number of benzene rings is 2. The average Bonchev–Trinajstić information content (AvgIpc) is 3.14. The Balaban J connectivity index is 1.24. The van der Waals surface area contributed by atoms with E-state index in [-0.39, 0.29) is 35.6 Å². The third-order valence-corrected chi connectivity index (χ3v) is 5.78. The van der Waals surface area contributed by atoms with Gasteiger partial charge in [0.15, 0.2) is 6.61 Å². The molecule has 2 N–H and O–H groups in total. The minimum Gasteiger partial charge on any atom is -0.484 e. The summed E-state index contributed by atoms with van der Waals surface area (Å²) in [4.78, 5) is 66.9. The van der Waals surface area contributed by atoms with Crippen LogP contribution < -0.4 is 20.1 Å². The van der Waals surface area contributed by atoms with Gasteiger partial charge in [-0.15, -0.1) is 0 Å². The molecule has 2 aliphatic heterocycles. The number of piperidine rings is 1. The van der Waals surface area contributed by atoms with Gasteiger partial charge in [0.05, 0.1) is 11.1 Å². The van der Waals surface area contributed by atoms with E-state index >= 15 is 0 Å². The molecule has 5 rings (SSSR count). The smallest absolute Gasteiger partial charge is 0.262 e. The maximum atomic E-state index is 12.9. The van der Waals surface area contributed by atoms with Crippen molar-refractivity contribution in [1.29, 1.82) is 0 Å². The fourth-order valence-corrected chi connectivity index (χ4v) is 4.04. The lowest BCUT2D eigenvalue weighted by molar-refractivity contribution is -0.136. The van der Waals surface area contributed by atoms with Crippen LogP contribution in [-0.4, -0.2) is 52.1 Å². The molecule has 2 aromatic carbocycles. The van der Waals surface area contributed by atoms with Crippen LogP contribution in [0.4, 0.5) is 5.69 Å². The first kappa shape index (κ1) is 23.7. The second kappa shape index (κ2) is 9.90. The van der Waals surface area contributed by atoms with Crippen molar-refractivity contribution in [2.75, 3.05) is 11.9 Å². The number of pyridine rings is 1. The highest BCUT2D eigenvalue weighted by Crippen LogP contribution is 2.30. The first-order chi connectivity index (χ1) is 17.9. The number of fused-ring (bicyclic) bond motifs is 1. The van der Waals surface area contributed by atoms with Gasteiger partial charge in [0.25, 0.3) is 17.7 Å². The molecule has 11 heteroatoms. The van der Waals surface area contributed by atoms with E-state index in [1.54, 1.807) is 24.3 Å². The molecule has 1 unspecified atom stereocenters. The Bertz CT molecular complexity index is 1420. The van der Waals surface area contributed by atoms with Gasteiger partial charge in [-0.2, -0.15) is 0 Å². The molecule has 3 heterocycles. The zero-order chi connectivity index (χ0) is 25.9. The van der Waals surface area contributed by atoms with Crippen molar-refractivity contribution in [2.24, 2.45) is 0 Å². The number of amides is 5. The largest absolute Gasteiger partial charge is 0.484 e. The number of rotatable bonds is 7. The first-order valence-electron chi connectivity index (χ1n) is 11.4. The Hall–Kier alpha value is -5.06. The van der Waals surface area contributed by atoms with Gasteiger partial charge >= 0.3 is 0 Å². The number of carbonyl (C=O) groups is 5. The van der Waals surface area contributed by atoms with Crippen LogP contribution in [0, 0.1) is 0 Å². The lowest BCUT2D eigenvalue weighted by Crippen LogP contribution is -2.54. The van der Waals surface area contributed by atoms with Crippen molar-refractivity contribution in [2.45, 2.75) is 18.9 Å². The fourth-order valence-electron chi connectivity index (χ4n) is 4.04. The van der Waals surface area contributed by atoms with Gasteiger partial charge in [-0.05, 0) is 48.9 Å². The van der Waals surface area contributed by atoms with E-state index in [4.69, 9.17) is 9.47 Å². The Morgan fingerprint density at radius 3 is 2.54 bits per heavy atom. The Kier molecular flexibility index (Phi) is 6.33. The molecule has 11 nitrogen and oxygen atoms in total. The van der Waals surface area contributed by atoms with Crippen LogP contribution >= 0.6 is 0 Å². The van der Waals surface area contributed by atoms with E-state index in [0.29, 0.717) is 11.4 Å². The molecular weight excluding hydrogens is 480 g/mol. The standard InChI is InChI=1S/C26H20N4O7/c31-21-11-10-20(23(33)29-21)30-25(34)17-9-8-16(13-18(17)26(30)35)36-14-22(32)28-19-7-4-12-27-24(19)37-15-5-2-1-3-6-15/h1-9,12-13,20H,10-11,14H2,(H,28,32)(H,29,31,33). The topological polar surface area (TPSA) is 144 Å². The summed E-state index contributed by atoms with van der Waals surface area (Å²) in [5.74, 6) is -1.98. The highest BCUT2D eigenvalue weighted by Gasteiger charge is 2.44. The first-order valence-corrected chi connectivity index (χ1v) is 11.4. The van der Waals surface area contributed by atoms with Crippen molar-refractivity contribution in [3.05, 3.63) is 78.0 Å². The van der Waals surface area contributed by atoms with Gasteiger partial charge in [-0.25, -0.2) is 4.98 Å². The van der Waals surface area contributed by atoms with Gasteiger partial charge in [-0.1, -0.05) is 18.2 Å². The molecule has 2 aliphatic rings. The summed E-state index contributed by atoms with van der Waals surface area (Å²) < 4.78 is 11.3. The van der Waals surface area contributed by atoms with E-state index in [1.807, 2.05) is 18.2 Å². The molecule has 1 fully saturated rings. The number of carbonyl (C=O) groups excluding carboxylic acids is 5. The Morgan fingerprint density at radius 2 is 1.76 bits per heavy atom. The number of anilines is 1. The third-order valence-electron chi connectivity index (χ3n) is 5.78. The Labute approximate surface area is 210 Å². The maximum absolute atomic E-state index is 12.9.